The van der Waals surface area contributed by atoms with E-state index < -0.39 is 0 Å². The first-order chi connectivity index (χ1) is 9.24. The van der Waals surface area contributed by atoms with Crippen molar-refractivity contribution in [3.05, 3.63) is 35.6 Å². The summed E-state index contributed by atoms with van der Waals surface area (Å²) in [6.45, 7) is 5.43. The van der Waals surface area contributed by atoms with Gasteiger partial charge in [-0.25, -0.2) is 4.39 Å². The molecule has 1 aromatic carbocycles. The van der Waals surface area contributed by atoms with Crippen molar-refractivity contribution in [3.8, 4) is 0 Å². The van der Waals surface area contributed by atoms with E-state index in [1.807, 2.05) is 12.1 Å². The summed E-state index contributed by atoms with van der Waals surface area (Å²) < 4.78 is 12.8. The lowest BCUT2D eigenvalue weighted by atomic mass is 10.1. The molecule has 0 aliphatic carbocycles. The zero-order valence-electron chi connectivity index (χ0n) is 12.4. The molecule has 0 saturated carbocycles. The van der Waals surface area contributed by atoms with Gasteiger partial charge in [0.25, 0.3) is 0 Å². The second-order valence-electron chi connectivity index (χ2n) is 5.35. The van der Waals surface area contributed by atoms with Gasteiger partial charge in [-0.3, -0.25) is 0 Å². The summed E-state index contributed by atoms with van der Waals surface area (Å²) in [7, 11) is 0. The van der Waals surface area contributed by atoms with Crippen LogP contribution in [0.15, 0.2) is 24.3 Å². The number of nitrogens with one attached hydrogen (secondary N) is 1. The molecule has 1 aromatic rings. The van der Waals surface area contributed by atoms with E-state index >= 15 is 0 Å². The highest BCUT2D eigenvalue weighted by Crippen LogP contribution is 2.13. The van der Waals surface area contributed by atoms with Gasteiger partial charge in [0.2, 0.25) is 0 Å². The lowest BCUT2D eigenvalue weighted by molar-refractivity contribution is 0.523. The molecule has 0 aliphatic heterocycles. The van der Waals surface area contributed by atoms with Gasteiger partial charge in [0.05, 0.1) is 0 Å². The van der Waals surface area contributed by atoms with Crippen LogP contribution in [0.4, 0.5) is 4.39 Å². The Morgan fingerprint density at radius 1 is 0.947 bits per heavy atom. The molecule has 108 valence electrons. The van der Waals surface area contributed by atoms with E-state index in [0.717, 1.165) is 12.1 Å². The van der Waals surface area contributed by atoms with Crippen LogP contribution in [-0.2, 0) is 0 Å². The van der Waals surface area contributed by atoms with Crippen molar-refractivity contribution in [1.82, 2.24) is 5.32 Å². The Labute approximate surface area is 117 Å². The Balaban J connectivity index is 2.04. The Bertz CT molecular complexity index is 321. The molecule has 0 saturated heterocycles. The van der Waals surface area contributed by atoms with Gasteiger partial charge >= 0.3 is 0 Å². The van der Waals surface area contributed by atoms with Crippen LogP contribution < -0.4 is 5.32 Å². The summed E-state index contributed by atoms with van der Waals surface area (Å²) in [5, 5.41) is 3.50. The fourth-order valence-corrected chi connectivity index (χ4v) is 2.27. The summed E-state index contributed by atoms with van der Waals surface area (Å²) >= 11 is 0. The minimum Gasteiger partial charge on any atom is -0.310 e. The quantitative estimate of drug-likeness (QED) is 0.571. The summed E-state index contributed by atoms with van der Waals surface area (Å²) in [5.41, 5.74) is 1.16. The fourth-order valence-electron chi connectivity index (χ4n) is 2.27. The smallest absolute Gasteiger partial charge is 0.123 e. The third kappa shape index (κ3) is 7.31. The summed E-state index contributed by atoms with van der Waals surface area (Å²) in [6.07, 6.45) is 9.35. The number of benzene rings is 1. The molecule has 19 heavy (non-hydrogen) atoms. The number of rotatable bonds is 10. The van der Waals surface area contributed by atoms with Crippen molar-refractivity contribution in [2.45, 2.75) is 64.8 Å². The average Bonchev–Trinajstić information content (AvgIpc) is 2.42. The minimum atomic E-state index is -0.164. The molecule has 0 fully saturated rings. The Kier molecular flexibility index (Phi) is 8.48. The Morgan fingerprint density at radius 3 is 2.16 bits per heavy atom. The van der Waals surface area contributed by atoms with Crippen LogP contribution >= 0.6 is 0 Å². The van der Waals surface area contributed by atoms with Gasteiger partial charge in [0.15, 0.2) is 0 Å². The van der Waals surface area contributed by atoms with Crippen LogP contribution in [0.5, 0.6) is 0 Å². The van der Waals surface area contributed by atoms with Crippen LogP contribution in [0.1, 0.15) is 70.4 Å². The Morgan fingerprint density at radius 2 is 1.53 bits per heavy atom. The second kappa shape index (κ2) is 9.96. The van der Waals surface area contributed by atoms with E-state index in [2.05, 4.69) is 19.2 Å². The van der Waals surface area contributed by atoms with Crippen molar-refractivity contribution < 1.29 is 4.39 Å². The highest BCUT2D eigenvalue weighted by molar-refractivity contribution is 5.19. The summed E-state index contributed by atoms with van der Waals surface area (Å²) in [5.74, 6) is -0.164. The molecule has 2 heteroatoms. The Hall–Kier alpha value is -0.890. The number of hydrogen-bond acceptors (Lipinski definition) is 1. The van der Waals surface area contributed by atoms with Crippen molar-refractivity contribution in [3.63, 3.8) is 0 Å². The lowest BCUT2D eigenvalue weighted by Crippen LogP contribution is -2.19. The van der Waals surface area contributed by atoms with Gasteiger partial charge in [-0.2, -0.15) is 0 Å². The van der Waals surface area contributed by atoms with E-state index in [9.17, 15) is 4.39 Å². The monoisotopic (exact) mass is 265 g/mol. The third-order valence-corrected chi connectivity index (χ3v) is 3.60. The van der Waals surface area contributed by atoms with E-state index in [1.54, 1.807) is 0 Å². The number of halogens is 1. The van der Waals surface area contributed by atoms with Crippen molar-refractivity contribution in [1.29, 1.82) is 0 Å². The molecule has 1 N–H and O–H groups in total. The van der Waals surface area contributed by atoms with Gasteiger partial charge in [-0.05, 0) is 37.6 Å². The first-order valence-corrected chi connectivity index (χ1v) is 7.73. The standard InChI is InChI=1S/C17H28FN/c1-3-4-5-6-7-8-9-14-19-15(2)16-10-12-17(18)13-11-16/h10-13,15,19H,3-9,14H2,1-2H3/t15-/m0/s1. The van der Waals surface area contributed by atoms with Crippen molar-refractivity contribution >= 4 is 0 Å². The summed E-state index contributed by atoms with van der Waals surface area (Å²) in [4.78, 5) is 0. The molecule has 1 atom stereocenters. The van der Waals surface area contributed by atoms with E-state index in [-0.39, 0.29) is 5.82 Å². The van der Waals surface area contributed by atoms with Crippen LogP contribution in [-0.4, -0.2) is 6.54 Å². The molecule has 0 unspecified atom stereocenters. The minimum absolute atomic E-state index is 0.164. The third-order valence-electron chi connectivity index (χ3n) is 3.60. The molecular weight excluding hydrogens is 237 g/mol. The average molecular weight is 265 g/mol. The molecular formula is C17H28FN. The maximum atomic E-state index is 12.8. The lowest BCUT2D eigenvalue weighted by Gasteiger charge is -2.14. The molecule has 0 spiro atoms. The van der Waals surface area contributed by atoms with E-state index in [0.29, 0.717) is 6.04 Å². The molecule has 0 aliphatic rings. The highest BCUT2D eigenvalue weighted by atomic mass is 19.1. The van der Waals surface area contributed by atoms with Gasteiger partial charge < -0.3 is 5.32 Å². The fraction of sp³-hybridized carbons (Fsp3) is 0.647. The normalized spacial score (nSPS) is 12.6. The molecule has 1 rings (SSSR count). The maximum Gasteiger partial charge on any atom is 0.123 e. The highest BCUT2D eigenvalue weighted by Gasteiger charge is 2.03. The van der Waals surface area contributed by atoms with Crippen LogP contribution in [0.3, 0.4) is 0 Å². The first-order valence-electron chi connectivity index (χ1n) is 7.73. The predicted molar refractivity (Wildman–Crippen MR) is 80.8 cm³/mol. The first kappa shape index (κ1) is 16.2. The van der Waals surface area contributed by atoms with Crippen LogP contribution in [0, 0.1) is 5.82 Å². The van der Waals surface area contributed by atoms with Crippen LogP contribution in [0.25, 0.3) is 0 Å². The van der Waals surface area contributed by atoms with Gasteiger partial charge in [0, 0.05) is 6.04 Å². The maximum absolute atomic E-state index is 12.8. The zero-order valence-corrected chi connectivity index (χ0v) is 12.4. The van der Waals surface area contributed by atoms with Crippen LogP contribution in [0.2, 0.25) is 0 Å². The van der Waals surface area contributed by atoms with Crippen molar-refractivity contribution in [2.24, 2.45) is 0 Å². The molecule has 0 radical (unpaired) electrons. The van der Waals surface area contributed by atoms with E-state index in [4.69, 9.17) is 0 Å². The number of hydrogen-bond donors (Lipinski definition) is 1. The van der Waals surface area contributed by atoms with Crippen molar-refractivity contribution in [2.75, 3.05) is 6.54 Å². The largest absolute Gasteiger partial charge is 0.310 e. The van der Waals surface area contributed by atoms with E-state index in [1.165, 1.54) is 57.1 Å². The topological polar surface area (TPSA) is 12.0 Å². The van der Waals surface area contributed by atoms with Gasteiger partial charge in [0.1, 0.15) is 5.82 Å². The molecule has 0 amide bonds. The molecule has 0 aromatic heterocycles. The van der Waals surface area contributed by atoms with Gasteiger partial charge in [-0.1, -0.05) is 57.6 Å². The zero-order chi connectivity index (χ0) is 13.9. The molecule has 1 nitrogen and oxygen atoms in total. The SMILES string of the molecule is CCCCCCCCCN[C@@H](C)c1ccc(F)cc1. The second-order valence-corrected chi connectivity index (χ2v) is 5.35. The molecule has 0 heterocycles. The summed E-state index contributed by atoms with van der Waals surface area (Å²) in [6, 6.07) is 7.08. The molecule has 0 bridgehead atoms. The van der Waals surface area contributed by atoms with Gasteiger partial charge in [-0.15, -0.1) is 0 Å². The number of unbranched alkanes of at least 4 members (excludes halogenated alkanes) is 6. The predicted octanol–water partition coefficient (Wildman–Crippen LogP) is 5.23.